The van der Waals surface area contributed by atoms with Crippen LogP contribution in [-0.4, -0.2) is 64.5 Å². The normalized spacial score (nSPS) is 13.0. The number of rotatable bonds is 19. The second-order valence-corrected chi connectivity index (χ2v) is 13.0. The summed E-state index contributed by atoms with van der Waals surface area (Å²) < 4.78 is 51.9. The van der Waals surface area contributed by atoms with Gasteiger partial charge in [-0.2, -0.15) is 8.42 Å². The molecule has 0 saturated heterocycles. The van der Waals surface area contributed by atoms with Crippen LogP contribution in [0.3, 0.4) is 0 Å². The number of esters is 2. The second-order valence-electron chi connectivity index (χ2n) is 10.9. The van der Waals surface area contributed by atoms with Gasteiger partial charge >= 0.3 is 11.9 Å². The van der Waals surface area contributed by atoms with Crippen molar-refractivity contribution in [2.75, 3.05) is 38.1 Å². The van der Waals surface area contributed by atoms with Crippen LogP contribution >= 0.6 is 11.6 Å². The Morgan fingerprint density at radius 2 is 1.39 bits per heavy atom. The van der Waals surface area contributed by atoms with Crippen LogP contribution in [0.1, 0.15) is 45.2 Å². The summed E-state index contributed by atoms with van der Waals surface area (Å²) in [5.74, 6) is -1.27. The molecular formula is C30H41ClO9S. The lowest BCUT2D eigenvalue weighted by atomic mass is 9.87. The van der Waals surface area contributed by atoms with Crippen molar-refractivity contribution in [3.8, 4) is 0 Å². The van der Waals surface area contributed by atoms with Crippen LogP contribution in [0.2, 0.25) is 0 Å². The predicted octanol–water partition coefficient (Wildman–Crippen LogP) is 4.90. The van der Waals surface area contributed by atoms with E-state index < -0.39 is 39.0 Å². The summed E-state index contributed by atoms with van der Waals surface area (Å²) in [4.78, 5) is 25.7. The Hall–Kier alpha value is -2.50. The van der Waals surface area contributed by atoms with Gasteiger partial charge < -0.3 is 18.9 Å². The minimum absolute atomic E-state index is 0.0925. The highest BCUT2D eigenvalue weighted by Crippen LogP contribution is 2.27. The molecule has 0 fully saturated rings. The molecule has 2 rings (SSSR count). The van der Waals surface area contributed by atoms with Crippen LogP contribution in [0.4, 0.5) is 0 Å². The van der Waals surface area contributed by atoms with E-state index in [0.717, 1.165) is 11.1 Å². The minimum Gasteiger partial charge on any atom is -0.462 e. The van der Waals surface area contributed by atoms with E-state index in [0.29, 0.717) is 6.61 Å². The number of alkyl halides is 1. The molecular weight excluding hydrogens is 572 g/mol. The number of carbonyl (C=O) groups is 2. The van der Waals surface area contributed by atoms with Crippen molar-refractivity contribution in [1.29, 1.82) is 0 Å². The van der Waals surface area contributed by atoms with E-state index in [4.69, 9.17) is 34.7 Å². The third-order valence-corrected chi connectivity index (χ3v) is 7.54. The molecule has 2 aromatic rings. The van der Waals surface area contributed by atoms with Gasteiger partial charge in [0.15, 0.2) is 6.10 Å². The Morgan fingerprint density at radius 1 is 0.829 bits per heavy atom. The first kappa shape index (κ1) is 34.7. The maximum atomic E-state index is 13.1. The number of hydrogen-bond donors (Lipinski definition) is 0. The van der Waals surface area contributed by atoms with E-state index in [1.165, 1.54) is 0 Å². The zero-order chi connectivity index (χ0) is 30.4. The molecule has 1 atom stereocenters. The fourth-order valence-corrected chi connectivity index (χ4v) is 4.97. The van der Waals surface area contributed by atoms with Gasteiger partial charge in [-0.15, -0.1) is 11.6 Å². The van der Waals surface area contributed by atoms with Crippen molar-refractivity contribution in [1.82, 2.24) is 0 Å². The summed E-state index contributed by atoms with van der Waals surface area (Å²) in [6.07, 6.45) is -0.918. The Bertz CT molecular complexity index is 1170. The molecule has 0 N–H and O–H groups in total. The number of ether oxygens (including phenoxy) is 4. The SMILES string of the molecule is CC(C)(COCc1ccccc1)C(=O)OCCOC(=O)[C@H](OCc1ccccc1)C(C)(C)COS(=O)(=O)CCCCl. The number of halogens is 1. The molecule has 0 amide bonds. The molecule has 0 heterocycles. The van der Waals surface area contributed by atoms with Gasteiger partial charge in [-0.1, -0.05) is 74.5 Å². The number of hydrogen-bond acceptors (Lipinski definition) is 9. The molecule has 0 aliphatic heterocycles. The second kappa shape index (κ2) is 16.8. The van der Waals surface area contributed by atoms with Gasteiger partial charge in [-0.05, 0) is 31.4 Å². The lowest BCUT2D eigenvalue weighted by molar-refractivity contribution is -0.173. The van der Waals surface area contributed by atoms with E-state index in [1.54, 1.807) is 27.7 Å². The molecule has 0 aliphatic carbocycles. The monoisotopic (exact) mass is 612 g/mol. The average Bonchev–Trinajstić information content (AvgIpc) is 2.94. The molecule has 228 valence electrons. The molecule has 11 heteroatoms. The minimum atomic E-state index is -3.83. The maximum Gasteiger partial charge on any atom is 0.336 e. The molecule has 0 bridgehead atoms. The quantitative estimate of drug-likeness (QED) is 0.0945. The molecule has 0 saturated carbocycles. The van der Waals surface area contributed by atoms with Gasteiger partial charge in [0.1, 0.15) is 13.2 Å². The van der Waals surface area contributed by atoms with Crippen molar-refractivity contribution >= 4 is 33.7 Å². The first-order valence-corrected chi connectivity index (χ1v) is 15.5. The van der Waals surface area contributed by atoms with Crippen molar-refractivity contribution in [2.45, 2.75) is 53.4 Å². The van der Waals surface area contributed by atoms with Crippen LogP contribution < -0.4 is 0 Å². The highest BCUT2D eigenvalue weighted by atomic mass is 35.5. The van der Waals surface area contributed by atoms with E-state index in [-0.39, 0.29) is 51.1 Å². The largest absolute Gasteiger partial charge is 0.462 e. The van der Waals surface area contributed by atoms with Crippen molar-refractivity contribution in [3.63, 3.8) is 0 Å². The van der Waals surface area contributed by atoms with E-state index in [1.807, 2.05) is 60.7 Å². The summed E-state index contributed by atoms with van der Waals surface area (Å²) in [7, 11) is -3.83. The zero-order valence-corrected chi connectivity index (χ0v) is 25.7. The average molecular weight is 613 g/mol. The van der Waals surface area contributed by atoms with Gasteiger partial charge in [-0.25, -0.2) is 4.79 Å². The summed E-state index contributed by atoms with van der Waals surface area (Å²) in [6, 6.07) is 18.8. The molecule has 0 radical (unpaired) electrons. The molecule has 0 spiro atoms. The van der Waals surface area contributed by atoms with Crippen molar-refractivity contribution in [3.05, 3.63) is 71.8 Å². The molecule has 41 heavy (non-hydrogen) atoms. The van der Waals surface area contributed by atoms with Crippen LogP contribution in [0.15, 0.2) is 60.7 Å². The van der Waals surface area contributed by atoms with Crippen LogP contribution in [0.5, 0.6) is 0 Å². The third kappa shape index (κ3) is 12.9. The fraction of sp³-hybridized carbons (Fsp3) is 0.533. The maximum absolute atomic E-state index is 13.1. The highest BCUT2D eigenvalue weighted by Gasteiger charge is 2.39. The Labute approximate surface area is 248 Å². The van der Waals surface area contributed by atoms with Crippen molar-refractivity contribution < 1.29 is 41.1 Å². The Morgan fingerprint density at radius 3 is 1.98 bits per heavy atom. The smallest absolute Gasteiger partial charge is 0.336 e. The standard InChI is InChI=1S/C30H41ClO9S/c1-29(2,23-40-41(34,35)19-11-16-31)26(39-21-25-14-9-6-10-15-25)27(32)37-17-18-38-28(33)30(3,4)22-36-20-24-12-7-5-8-13-24/h5-10,12-15,26H,11,16-23H2,1-4H3/t26-/m0/s1. The van der Waals surface area contributed by atoms with Gasteiger partial charge in [-0.3, -0.25) is 8.98 Å². The zero-order valence-electron chi connectivity index (χ0n) is 24.2. The first-order chi connectivity index (χ1) is 19.4. The Balaban J connectivity index is 1.91. The van der Waals surface area contributed by atoms with Crippen LogP contribution in [0.25, 0.3) is 0 Å². The highest BCUT2D eigenvalue weighted by molar-refractivity contribution is 7.86. The van der Waals surface area contributed by atoms with Crippen LogP contribution in [0, 0.1) is 10.8 Å². The fourth-order valence-electron chi connectivity index (χ4n) is 3.58. The van der Waals surface area contributed by atoms with Gasteiger partial charge in [0.2, 0.25) is 0 Å². The topological polar surface area (TPSA) is 114 Å². The summed E-state index contributed by atoms with van der Waals surface area (Å²) in [6.45, 7) is 6.66. The molecule has 2 aromatic carbocycles. The summed E-state index contributed by atoms with van der Waals surface area (Å²) >= 11 is 5.60. The molecule has 0 unspecified atom stereocenters. The van der Waals surface area contributed by atoms with E-state index in [9.17, 15) is 18.0 Å². The van der Waals surface area contributed by atoms with Crippen molar-refractivity contribution in [2.24, 2.45) is 10.8 Å². The lowest BCUT2D eigenvalue weighted by Crippen LogP contribution is -2.44. The van der Waals surface area contributed by atoms with Gasteiger partial charge in [0.25, 0.3) is 10.1 Å². The first-order valence-electron chi connectivity index (χ1n) is 13.4. The summed E-state index contributed by atoms with van der Waals surface area (Å²) in [5.41, 5.74) is -0.167. The number of carbonyl (C=O) groups excluding carboxylic acids is 2. The van der Waals surface area contributed by atoms with Crippen LogP contribution in [-0.2, 0) is 56.1 Å². The van der Waals surface area contributed by atoms with Gasteiger partial charge in [0, 0.05) is 11.3 Å². The van der Waals surface area contributed by atoms with E-state index in [2.05, 4.69) is 0 Å². The lowest BCUT2D eigenvalue weighted by Gasteiger charge is -2.32. The Kier molecular flexibility index (Phi) is 14.2. The third-order valence-electron chi connectivity index (χ3n) is 6.01. The number of benzene rings is 2. The molecule has 0 aromatic heterocycles. The van der Waals surface area contributed by atoms with Gasteiger partial charge in [0.05, 0.1) is 37.6 Å². The predicted molar refractivity (Wildman–Crippen MR) is 156 cm³/mol. The molecule has 0 aliphatic rings. The van der Waals surface area contributed by atoms with E-state index >= 15 is 0 Å². The summed E-state index contributed by atoms with van der Waals surface area (Å²) in [5, 5.41) is 0. The molecule has 9 nitrogen and oxygen atoms in total.